The summed E-state index contributed by atoms with van der Waals surface area (Å²) in [5, 5.41) is 11.2. The lowest BCUT2D eigenvalue weighted by atomic mass is 9.50. The van der Waals surface area contributed by atoms with Gasteiger partial charge in [-0.3, -0.25) is 14.5 Å². The van der Waals surface area contributed by atoms with Gasteiger partial charge in [0, 0.05) is 55.2 Å². The third-order valence-corrected chi connectivity index (χ3v) is 10.6. The van der Waals surface area contributed by atoms with Crippen LogP contribution >= 0.6 is 0 Å². The Hall–Kier alpha value is -4.10. The first kappa shape index (κ1) is 28.7. The van der Waals surface area contributed by atoms with Gasteiger partial charge in [0.1, 0.15) is 11.9 Å². The number of esters is 1. The molecule has 4 aliphatic rings. The number of piperidine rings is 1. The zero-order valence-corrected chi connectivity index (χ0v) is 25.7. The fourth-order valence-corrected chi connectivity index (χ4v) is 8.71. The molecule has 3 aromatic carbocycles. The van der Waals surface area contributed by atoms with E-state index < -0.39 is 5.97 Å². The number of likely N-dealkylation sites (tertiary alicyclic amines) is 1. The van der Waals surface area contributed by atoms with E-state index in [1.54, 1.807) is 12.1 Å². The molecule has 2 fully saturated rings. The average molecular weight is 593 g/mol. The third kappa shape index (κ3) is 4.69. The van der Waals surface area contributed by atoms with E-state index in [-0.39, 0.29) is 35.3 Å². The molecule has 1 saturated carbocycles. The number of aromatic hydroxyl groups is 1. The van der Waals surface area contributed by atoms with Gasteiger partial charge in [-0.1, -0.05) is 60.2 Å². The molecule has 44 heavy (non-hydrogen) atoms. The van der Waals surface area contributed by atoms with Crippen LogP contribution in [0.15, 0.2) is 66.7 Å². The van der Waals surface area contributed by atoms with E-state index in [2.05, 4.69) is 41.3 Å². The van der Waals surface area contributed by atoms with Crippen LogP contribution in [-0.2, 0) is 27.8 Å². The Kier molecular flexibility index (Phi) is 7.24. The zero-order valence-electron chi connectivity index (χ0n) is 25.7. The molecule has 7 heteroatoms. The smallest absolute Gasteiger partial charge is 0.308 e. The van der Waals surface area contributed by atoms with Crippen molar-refractivity contribution in [1.29, 1.82) is 0 Å². The number of rotatable bonds is 7. The highest BCUT2D eigenvalue weighted by Crippen LogP contribution is 2.65. The highest BCUT2D eigenvalue weighted by atomic mass is 16.5. The number of likely N-dealkylation sites (N-methyl/N-ethyl adjacent to an activating group) is 1. The molecule has 1 amide bonds. The topological polar surface area (TPSA) is 79.3 Å². The number of carbonyl (C=O) groups is 2. The van der Waals surface area contributed by atoms with Crippen LogP contribution in [0.5, 0.6) is 17.2 Å². The summed E-state index contributed by atoms with van der Waals surface area (Å²) in [5.41, 5.74) is 5.06. The molecule has 1 spiro atoms. The van der Waals surface area contributed by atoms with Gasteiger partial charge in [0.25, 0.3) is 0 Å². The number of hydrogen-bond acceptors (Lipinski definition) is 6. The van der Waals surface area contributed by atoms with E-state index in [0.717, 1.165) is 67.4 Å². The second-order valence-electron chi connectivity index (χ2n) is 13.0. The highest BCUT2D eigenvalue weighted by molar-refractivity contribution is 5.92. The number of phenolic OH excluding ortho intramolecular Hbond substituents is 1. The van der Waals surface area contributed by atoms with Gasteiger partial charge >= 0.3 is 5.97 Å². The average Bonchev–Trinajstić information content (AvgIpc) is 3.35. The number of aryl methyl sites for hydroxylation is 1. The van der Waals surface area contributed by atoms with Crippen molar-refractivity contribution in [2.24, 2.45) is 5.92 Å². The minimum atomic E-state index is -0.408. The Labute approximate surface area is 259 Å². The molecule has 2 heterocycles. The molecule has 2 aliphatic heterocycles. The van der Waals surface area contributed by atoms with Crippen molar-refractivity contribution >= 4 is 18.0 Å². The molecule has 228 valence electrons. The molecule has 3 aromatic rings. The standard InChI is InChI=1S/C37H40N2O5/c1-23-8-7-11-26(20-23)12-15-33(42)38(3)29-14-13-28-30-21-27-32(43-24(2)40)22-31(41)35-34(27)37(28,36(29)44-35)17-19-39(30)18-16-25-9-5-4-6-10-25/h4-12,15,20,22,28-30,36,41H,13-14,16-19,21H2,1-3H3/t28-,29-,30+,36-,37-/m0/s1. The Balaban J connectivity index is 1.24. The second-order valence-corrected chi connectivity index (χ2v) is 13.0. The van der Waals surface area contributed by atoms with Crippen LogP contribution in [0.1, 0.15) is 54.0 Å². The lowest BCUT2D eigenvalue weighted by Gasteiger charge is -2.60. The van der Waals surface area contributed by atoms with Crippen LogP contribution < -0.4 is 9.47 Å². The highest BCUT2D eigenvalue weighted by Gasteiger charge is 2.67. The van der Waals surface area contributed by atoms with Gasteiger partial charge in [0.05, 0.1) is 6.04 Å². The minimum Gasteiger partial charge on any atom is -0.504 e. The number of ether oxygens (including phenoxy) is 2. The largest absolute Gasteiger partial charge is 0.504 e. The number of hydrogen-bond donors (Lipinski definition) is 1. The van der Waals surface area contributed by atoms with E-state index in [4.69, 9.17) is 9.47 Å². The quantitative estimate of drug-likeness (QED) is 0.223. The van der Waals surface area contributed by atoms with Crippen molar-refractivity contribution in [3.63, 3.8) is 0 Å². The second kappa shape index (κ2) is 11.1. The predicted octanol–water partition coefficient (Wildman–Crippen LogP) is 5.45. The molecule has 0 radical (unpaired) electrons. The van der Waals surface area contributed by atoms with E-state index in [9.17, 15) is 14.7 Å². The van der Waals surface area contributed by atoms with Crippen molar-refractivity contribution in [1.82, 2.24) is 9.80 Å². The first-order valence-electron chi connectivity index (χ1n) is 15.8. The molecule has 2 aliphatic carbocycles. The first-order chi connectivity index (χ1) is 21.3. The van der Waals surface area contributed by atoms with Gasteiger partial charge in [-0.05, 0) is 68.7 Å². The summed E-state index contributed by atoms with van der Waals surface area (Å²) < 4.78 is 12.5. The summed E-state index contributed by atoms with van der Waals surface area (Å²) in [6.45, 7) is 5.29. The molecule has 2 bridgehead atoms. The molecule has 1 N–H and O–H groups in total. The fraction of sp³-hybridized carbons (Fsp3) is 0.405. The SMILES string of the molecule is CC(=O)Oc1cc(O)c2c3c1C[C@@H]1[C@@H]4CC[C@H](N(C)C(=O)C=Cc5cccc(C)c5)[C@H](O2)[C@]34CCN1CCc1ccccc1. The Bertz CT molecular complexity index is 1630. The zero-order chi connectivity index (χ0) is 30.6. The van der Waals surface area contributed by atoms with Crippen LogP contribution in [0.4, 0.5) is 0 Å². The maximum Gasteiger partial charge on any atom is 0.308 e. The molecule has 7 nitrogen and oxygen atoms in total. The minimum absolute atomic E-state index is 0.000412. The van der Waals surface area contributed by atoms with Crippen molar-refractivity contribution in [3.8, 4) is 17.2 Å². The van der Waals surface area contributed by atoms with Gasteiger partial charge in [-0.25, -0.2) is 0 Å². The molecule has 7 rings (SSSR count). The number of benzene rings is 3. The van der Waals surface area contributed by atoms with Crippen molar-refractivity contribution in [2.75, 3.05) is 20.1 Å². The number of amides is 1. The first-order valence-corrected chi connectivity index (χ1v) is 15.8. The maximum atomic E-state index is 13.6. The van der Waals surface area contributed by atoms with Crippen LogP contribution in [0.3, 0.4) is 0 Å². The molecular formula is C37H40N2O5. The summed E-state index contributed by atoms with van der Waals surface area (Å²) in [6.07, 6.45) is 7.56. The Morgan fingerprint density at radius 1 is 1.14 bits per heavy atom. The Morgan fingerprint density at radius 3 is 2.73 bits per heavy atom. The van der Waals surface area contributed by atoms with Gasteiger partial charge in [0.2, 0.25) is 5.91 Å². The molecule has 5 atom stereocenters. The maximum absolute atomic E-state index is 13.6. The van der Waals surface area contributed by atoms with Crippen LogP contribution in [0.25, 0.3) is 6.08 Å². The predicted molar refractivity (Wildman–Crippen MR) is 169 cm³/mol. The lowest BCUT2D eigenvalue weighted by Crippen LogP contribution is -2.69. The number of nitrogens with zero attached hydrogens (tertiary/aromatic N) is 2. The Morgan fingerprint density at radius 2 is 1.95 bits per heavy atom. The number of carbonyl (C=O) groups excluding carboxylic acids is 2. The van der Waals surface area contributed by atoms with Gasteiger partial charge in [0.15, 0.2) is 11.5 Å². The van der Waals surface area contributed by atoms with E-state index in [0.29, 0.717) is 17.4 Å². The van der Waals surface area contributed by atoms with Gasteiger partial charge < -0.3 is 19.5 Å². The normalized spacial score (nSPS) is 26.6. The van der Waals surface area contributed by atoms with Crippen LogP contribution in [-0.4, -0.2) is 65.1 Å². The summed E-state index contributed by atoms with van der Waals surface area (Å²) in [5.74, 6) is 0.765. The molecule has 0 unspecified atom stereocenters. The fourth-order valence-electron chi connectivity index (χ4n) is 8.71. The van der Waals surface area contributed by atoms with Crippen LogP contribution in [0.2, 0.25) is 0 Å². The third-order valence-electron chi connectivity index (χ3n) is 10.6. The van der Waals surface area contributed by atoms with Gasteiger partial charge in [-0.15, -0.1) is 0 Å². The molecule has 1 saturated heterocycles. The summed E-state index contributed by atoms with van der Waals surface area (Å²) in [7, 11) is 1.87. The monoisotopic (exact) mass is 592 g/mol. The van der Waals surface area contributed by atoms with E-state index >= 15 is 0 Å². The van der Waals surface area contributed by atoms with E-state index in [1.165, 1.54) is 12.5 Å². The summed E-state index contributed by atoms with van der Waals surface area (Å²) in [4.78, 5) is 30.2. The van der Waals surface area contributed by atoms with Crippen molar-refractivity contribution in [3.05, 3.63) is 94.6 Å². The number of phenols is 1. The van der Waals surface area contributed by atoms with Gasteiger partial charge in [-0.2, -0.15) is 0 Å². The molecular weight excluding hydrogens is 552 g/mol. The lowest BCUT2D eigenvalue weighted by molar-refractivity contribution is -0.135. The van der Waals surface area contributed by atoms with E-state index in [1.807, 2.05) is 43.1 Å². The summed E-state index contributed by atoms with van der Waals surface area (Å²) >= 11 is 0. The molecule has 0 aromatic heterocycles. The summed E-state index contributed by atoms with van der Waals surface area (Å²) in [6, 6.07) is 20.3. The van der Waals surface area contributed by atoms with Crippen molar-refractivity contribution < 1.29 is 24.2 Å². The van der Waals surface area contributed by atoms with Crippen molar-refractivity contribution in [2.45, 2.75) is 69.6 Å². The van der Waals surface area contributed by atoms with Crippen LogP contribution in [0, 0.1) is 12.8 Å².